The SMILES string of the molecule is Cc1ccc(-c2nnc(CSc3nc4cc(Cl)ccc4c(=O)n3Cc3ccco3)o2)cc1. The Morgan fingerprint density at radius 1 is 1.09 bits per heavy atom. The van der Waals surface area contributed by atoms with E-state index in [4.69, 9.17) is 20.4 Å². The molecule has 32 heavy (non-hydrogen) atoms. The molecule has 0 bridgehead atoms. The number of benzene rings is 2. The summed E-state index contributed by atoms with van der Waals surface area (Å²) >= 11 is 7.46. The molecule has 9 heteroatoms. The summed E-state index contributed by atoms with van der Waals surface area (Å²) in [6.45, 7) is 2.28. The van der Waals surface area contributed by atoms with Gasteiger partial charge in [-0.1, -0.05) is 41.1 Å². The van der Waals surface area contributed by atoms with Gasteiger partial charge in [0.2, 0.25) is 11.8 Å². The van der Waals surface area contributed by atoms with Crippen molar-refractivity contribution in [3.8, 4) is 11.5 Å². The Morgan fingerprint density at radius 3 is 2.72 bits per heavy atom. The molecule has 0 spiro atoms. The molecular formula is C23H17ClN4O3S. The minimum absolute atomic E-state index is 0.170. The Bertz CT molecular complexity index is 1440. The number of halogens is 1. The lowest BCUT2D eigenvalue weighted by Gasteiger charge is -2.11. The van der Waals surface area contributed by atoms with Crippen LogP contribution in [0.3, 0.4) is 0 Å². The third-order valence-electron chi connectivity index (χ3n) is 4.87. The van der Waals surface area contributed by atoms with Gasteiger partial charge in [-0.05, 0) is 49.4 Å². The quantitative estimate of drug-likeness (QED) is 0.247. The molecule has 2 aromatic carbocycles. The number of hydrogen-bond donors (Lipinski definition) is 0. The Kier molecular flexibility index (Phi) is 5.55. The molecule has 0 saturated heterocycles. The molecule has 0 radical (unpaired) electrons. The highest BCUT2D eigenvalue weighted by atomic mass is 35.5. The summed E-state index contributed by atoms with van der Waals surface area (Å²) < 4.78 is 12.8. The van der Waals surface area contributed by atoms with Crippen LogP contribution in [0.5, 0.6) is 0 Å². The first-order valence-corrected chi connectivity index (χ1v) is 11.2. The number of aromatic nitrogens is 4. The zero-order valence-corrected chi connectivity index (χ0v) is 18.6. The van der Waals surface area contributed by atoms with Crippen LogP contribution in [0, 0.1) is 6.92 Å². The predicted octanol–water partition coefficient (Wildman–Crippen LogP) is 5.34. The molecule has 0 aliphatic carbocycles. The van der Waals surface area contributed by atoms with Gasteiger partial charge >= 0.3 is 0 Å². The van der Waals surface area contributed by atoms with Crippen LogP contribution >= 0.6 is 23.4 Å². The first-order chi connectivity index (χ1) is 15.6. The van der Waals surface area contributed by atoms with Gasteiger partial charge < -0.3 is 8.83 Å². The first kappa shape index (κ1) is 20.5. The lowest BCUT2D eigenvalue weighted by atomic mass is 10.1. The van der Waals surface area contributed by atoms with Gasteiger partial charge in [0.25, 0.3) is 5.56 Å². The largest absolute Gasteiger partial charge is 0.467 e. The van der Waals surface area contributed by atoms with Crippen molar-refractivity contribution in [1.29, 1.82) is 0 Å². The van der Waals surface area contributed by atoms with Crippen molar-refractivity contribution in [3.05, 3.63) is 93.5 Å². The highest BCUT2D eigenvalue weighted by molar-refractivity contribution is 7.98. The summed E-state index contributed by atoms with van der Waals surface area (Å²) in [5.41, 5.74) is 2.37. The van der Waals surface area contributed by atoms with Gasteiger partial charge in [-0.15, -0.1) is 10.2 Å². The summed E-state index contributed by atoms with van der Waals surface area (Å²) in [4.78, 5) is 17.9. The molecule has 0 atom stereocenters. The van der Waals surface area contributed by atoms with E-state index in [1.54, 1.807) is 35.1 Å². The fourth-order valence-corrected chi connectivity index (χ4v) is 4.23. The minimum Gasteiger partial charge on any atom is -0.467 e. The normalized spacial score (nSPS) is 11.3. The van der Waals surface area contributed by atoms with Crippen molar-refractivity contribution in [1.82, 2.24) is 19.7 Å². The van der Waals surface area contributed by atoms with E-state index in [0.29, 0.717) is 44.4 Å². The number of nitrogens with zero attached hydrogens (tertiary/aromatic N) is 4. The second-order valence-electron chi connectivity index (χ2n) is 7.18. The number of fused-ring (bicyclic) bond motifs is 1. The number of aryl methyl sites for hydroxylation is 1. The second-order valence-corrected chi connectivity index (χ2v) is 8.56. The minimum atomic E-state index is -0.170. The molecule has 0 aliphatic rings. The van der Waals surface area contributed by atoms with E-state index < -0.39 is 0 Å². The van der Waals surface area contributed by atoms with E-state index in [2.05, 4.69) is 15.2 Å². The molecule has 5 rings (SSSR count). The van der Waals surface area contributed by atoms with Gasteiger partial charge in [0.15, 0.2) is 5.16 Å². The summed E-state index contributed by atoms with van der Waals surface area (Å²) in [7, 11) is 0. The van der Waals surface area contributed by atoms with E-state index in [1.807, 2.05) is 37.3 Å². The Hall–Kier alpha value is -3.36. The number of hydrogen-bond acceptors (Lipinski definition) is 7. The van der Waals surface area contributed by atoms with Gasteiger partial charge in [-0.3, -0.25) is 9.36 Å². The lowest BCUT2D eigenvalue weighted by molar-refractivity contribution is 0.476. The molecule has 0 unspecified atom stereocenters. The van der Waals surface area contributed by atoms with Crippen LogP contribution in [0.1, 0.15) is 17.2 Å². The molecule has 0 saturated carbocycles. The third kappa shape index (κ3) is 4.19. The Morgan fingerprint density at radius 2 is 1.94 bits per heavy atom. The van der Waals surface area contributed by atoms with Crippen molar-refractivity contribution in [2.45, 2.75) is 24.4 Å². The van der Waals surface area contributed by atoms with Crippen molar-refractivity contribution in [2.75, 3.05) is 0 Å². The maximum absolute atomic E-state index is 13.2. The topological polar surface area (TPSA) is 87.0 Å². The van der Waals surface area contributed by atoms with Crippen LogP contribution in [0.25, 0.3) is 22.4 Å². The van der Waals surface area contributed by atoms with Crippen LogP contribution in [-0.4, -0.2) is 19.7 Å². The number of furan rings is 1. The molecule has 0 N–H and O–H groups in total. The van der Waals surface area contributed by atoms with E-state index in [1.165, 1.54) is 11.8 Å². The van der Waals surface area contributed by atoms with E-state index >= 15 is 0 Å². The van der Waals surface area contributed by atoms with Gasteiger partial charge in [-0.25, -0.2) is 4.98 Å². The highest BCUT2D eigenvalue weighted by Gasteiger charge is 2.16. The summed E-state index contributed by atoms with van der Waals surface area (Å²) in [5.74, 6) is 1.90. The first-order valence-electron chi connectivity index (χ1n) is 9.81. The maximum Gasteiger partial charge on any atom is 0.262 e. The van der Waals surface area contributed by atoms with Crippen molar-refractivity contribution < 1.29 is 8.83 Å². The molecule has 0 fully saturated rings. The second kappa shape index (κ2) is 8.64. The summed E-state index contributed by atoms with van der Waals surface area (Å²) in [5, 5.41) is 9.80. The zero-order valence-electron chi connectivity index (χ0n) is 17.0. The van der Waals surface area contributed by atoms with Gasteiger partial charge in [0, 0.05) is 10.6 Å². The molecule has 3 heterocycles. The fourth-order valence-electron chi connectivity index (χ4n) is 3.23. The molecular weight excluding hydrogens is 448 g/mol. The Labute approximate surface area is 192 Å². The third-order valence-corrected chi connectivity index (χ3v) is 6.06. The lowest BCUT2D eigenvalue weighted by Crippen LogP contribution is -2.23. The van der Waals surface area contributed by atoms with Crippen LogP contribution < -0.4 is 5.56 Å². The summed E-state index contributed by atoms with van der Waals surface area (Å²) in [6, 6.07) is 16.5. The van der Waals surface area contributed by atoms with Crippen molar-refractivity contribution >= 4 is 34.3 Å². The van der Waals surface area contributed by atoms with Gasteiger partial charge in [0.05, 0.1) is 29.5 Å². The molecule has 5 aromatic rings. The van der Waals surface area contributed by atoms with Crippen molar-refractivity contribution in [2.24, 2.45) is 0 Å². The monoisotopic (exact) mass is 464 g/mol. The van der Waals surface area contributed by atoms with Crippen molar-refractivity contribution in [3.63, 3.8) is 0 Å². The zero-order chi connectivity index (χ0) is 22.1. The van der Waals surface area contributed by atoms with Crippen LogP contribution in [-0.2, 0) is 12.3 Å². The molecule has 0 aliphatic heterocycles. The average molecular weight is 465 g/mol. The highest BCUT2D eigenvalue weighted by Crippen LogP contribution is 2.26. The van der Waals surface area contributed by atoms with Crippen LogP contribution in [0.2, 0.25) is 5.02 Å². The fraction of sp³-hybridized carbons (Fsp3) is 0.130. The number of thioether (sulfide) groups is 1. The van der Waals surface area contributed by atoms with E-state index in [-0.39, 0.29) is 12.1 Å². The molecule has 160 valence electrons. The van der Waals surface area contributed by atoms with Crippen LogP contribution in [0.4, 0.5) is 0 Å². The Balaban J connectivity index is 1.46. The average Bonchev–Trinajstić information content (AvgIpc) is 3.47. The van der Waals surface area contributed by atoms with Gasteiger partial charge in [-0.2, -0.15) is 0 Å². The standard InChI is InChI=1S/C23H17ClN4O3S/c1-14-4-6-15(7-5-14)21-27-26-20(31-21)13-32-23-25-19-11-16(24)8-9-18(19)22(29)28(23)12-17-3-2-10-30-17/h2-11H,12-13H2,1H3. The smallest absolute Gasteiger partial charge is 0.262 e. The van der Waals surface area contributed by atoms with E-state index in [0.717, 1.165) is 11.1 Å². The molecule has 3 aromatic heterocycles. The number of rotatable bonds is 6. The predicted molar refractivity (Wildman–Crippen MR) is 123 cm³/mol. The molecule has 0 amide bonds. The van der Waals surface area contributed by atoms with E-state index in [9.17, 15) is 4.79 Å². The summed E-state index contributed by atoms with van der Waals surface area (Å²) in [6.07, 6.45) is 1.58. The maximum atomic E-state index is 13.2. The van der Waals surface area contributed by atoms with Crippen LogP contribution in [0.15, 0.2) is 79.6 Å². The molecule has 7 nitrogen and oxygen atoms in total. The van der Waals surface area contributed by atoms with Gasteiger partial charge in [0.1, 0.15) is 5.76 Å².